The lowest BCUT2D eigenvalue weighted by molar-refractivity contribution is 0.102. The van der Waals surface area contributed by atoms with Crippen LogP contribution in [0.3, 0.4) is 0 Å². The number of nitrogens with one attached hydrogen (secondary N) is 2. The molecule has 1 amide bonds. The van der Waals surface area contributed by atoms with E-state index in [-0.39, 0.29) is 11.5 Å². The van der Waals surface area contributed by atoms with Gasteiger partial charge in [-0.3, -0.25) is 4.79 Å². The van der Waals surface area contributed by atoms with E-state index in [0.29, 0.717) is 23.1 Å². The van der Waals surface area contributed by atoms with Crippen LogP contribution in [0.15, 0.2) is 60.7 Å². The zero-order valence-corrected chi connectivity index (χ0v) is 14.5. The average molecular weight is 371 g/mol. The summed E-state index contributed by atoms with van der Waals surface area (Å²) in [6, 6.07) is 16.4. The first-order valence-corrected chi connectivity index (χ1v) is 8.37. The molecule has 0 atom stereocenters. The standard InChI is InChI=1S/C19H16ClFN4O/c20-14-3-1-13(2-4-14)11-12-22-18-10-9-17(24-25-18)19(26)23-16-7-5-15(21)6-8-16/h1-10H,11-12H2,(H,22,25)(H,23,26). The predicted octanol–water partition coefficient (Wildman–Crippen LogP) is 4.18. The molecular weight excluding hydrogens is 355 g/mol. The number of benzene rings is 2. The molecule has 2 aromatic carbocycles. The third-order valence-electron chi connectivity index (χ3n) is 3.63. The second kappa shape index (κ2) is 8.40. The van der Waals surface area contributed by atoms with Crippen LogP contribution in [-0.4, -0.2) is 22.6 Å². The van der Waals surface area contributed by atoms with Gasteiger partial charge < -0.3 is 10.6 Å². The summed E-state index contributed by atoms with van der Waals surface area (Å²) in [4.78, 5) is 12.1. The Hall–Kier alpha value is -2.99. The minimum atomic E-state index is -0.406. The Bertz CT molecular complexity index is 868. The summed E-state index contributed by atoms with van der Waals surface area (Å²) in [5.74, 6) is -0.189. The second-order valence-corrected chi connectivity index (χ2v) is 6.00. The minimum Gasteiger partial charge on any atom is -0.368 e. The quantitative estimate of drug-likeness (QED) is 0.683. The summed E-state index contributed by atoms with van der Waals surface area (Å²) >= 11 is 5.86. The van der Waals surface area contributed by atoms with Gasteiger partial charge in [0.15, 0.2) is 5.69 Å². The summed E-state index contributed by atoms with van der Waals surface area (Å²) in [5, 5.41) is 14.4. The second-order valence-electron chi connectivity index (χ2n) is 5.57. The highest BCUT2D eigenvalue weighted by Crippen LogP contribution is 2.12. The fourth-order valence-corrected chi connectivity index (χ4v) is 2.39. The van der Waals surface area contributed by atoms with Crippen LogP contribution < -0.4 is 10.6 Å². The van der Waals surface area contributed by atoms with E-state index in [1.807, 2.05) is 24.3 Å². The van der Waals surface area contributed by atoms with E-state index >= 15 is 0 Å². The van der Waals surface area contributed by atoms with Gasteiger partial charge >= 0.3 is 0 Å². The molecule has 0 aliphatic carbocycles. The molecule has 0 radical (unpaired) electrons. The van der Waals surface area contributed by atoms with Crippen molar-refractivity contribution in [3.63, 3.8) is 0 Å². The predicted molar refractivity (Wildman–Crippen MR) is 100 cm³/mol. The van der Waals surface area contributed by atoms with Gasteiger partial charge in [-0.25, -0.2) is 4.39 Å². The van der Waals surface area contributed by atoms with E-state index in [4.69, 9.17) is 11.6 Å². The Kier molecular flexibility index (Phi) is 5.76. The number of carbonyl (C=O) groups excluding carboxylic acids is 1. The van der Waals surface area contributed by atoms with Crippen LogP contribution in [0, 0.1) is 5.82 Å². The van der Waals surface area contributed by atoms with Crippen molar-refractivity contribution in [1.29, 1.82) is 0 Å². The van der Waals surface area contributed by atoms with Gasteiger partial charge in [0.25, 0.3) is 5.91 Å². The van der Waals surface area contributed by atoms with Gasteiger partial charge in [-0.1, -0.05) is 23.7 Å². The molecule has 0 aliphatic heterocycles. The topological polar surface area (TPSA) is 66.9 Å². The van der Waals surface area contributed by atoms with Crippen LogP contribution in [0.2, 0.25) is 5.02 Å². The van der Waals surface area contributed by atoms with Gasteiger partial charge in [-0.2, -0.15) is 0 Å². The Morgan fingerprint density at radius 1 is 0.962 bits per heavy atom. The first-order chi connectivity index (χ1) is 12.6. The van der Waals surface area contributed by atoms with Crippen molar-refractivity contribution in [1.82, 2.24) is 10.2 Å². The number of anilines is 2. The molecule has 5 nitrogen and oxygen atoms in total. The Balaban J connectivity index is 1.51. The molecule has 3 aromatic rings. The van der Waals surface area contributed by atoms with Crippen molar-refractivity contribution >= 4 is 29.0 Å². The normalized spacial score (nSPS) is 10.4. The number of nitrogens with zero attached hydrogens (tertiary/aromatic N) is 2. The number of hydrogen-bond donors (Lipinski definition) is 2. The van der Waals surface area contributed by atoms with E-state index in [0.717, 1.165) is 12.0 Å². The molecule has 0 spiro atoms. The number of amides is 1. The molecule has 0 fully saturated rings. The van der Waals surface area contributed by atoms with Crippen LogP contribution in [0.5, 0.6) is 0 Å². The summed E-state index contributed by atoms with van der Waals surface area (Å²) in [5.41, 5.74) is 1.83. The molecule has 1 aromatic heterocycles. The van der Waals surface area contributed by atoms with Gasteiger partial charge in [0.05, 0.1) is 0 Å². The highest BCUT2D eigenvalue weighted by Gasteiger charge is 2.08. The largest absolute Gasteiger partial charge is 0.368 e. The number of rotatable bonds is 6. The fourth-order valence-electron chi connectivity index (χ4n) is 2.26. The van der Waals surface area contributed by atoms with Gasteiger partial charge in [0.2, 0.25) is 0 Å². The zero-order valence-electron chi connectivity index (χ0n) is 13.7. The van der Waals surface area contributed by atoms with E-state index in [1.54, 1.807) is 12.1 Å². The third-order valence-corrected chi connectivity index (χ3v) is 3.88. The van der Waals surface area contributed by atoms with Gasteiger partial charge in [-0.15, -0.1) is 10.2 Å². The summed E-state index contributed by atoms with van der Waals surface area (Å²) in [6.07, 6.45) is 0.811. The summed E-state index contributed by atoms with van der Waals surface area (Å²) < 4.78 is 12.9. The van der Waals surface area contributed by atoms with Gasteiger partial charge in [0, 0.05) is 17.3 Å². The van der Waals surface area contributed by atoms with Crippen LogP contribution in [0.25, 0.3) is 0 Å². The van der Waals surface area contributed by atoms with E-state index in [2.05, 4.69) is 20.8 Å². The molecule has 0 saturated heterocycles. The monoisotopic (exact) mass is 370 g/mol. The molecule has 132 valence electrons. The van der Waals surface area contributed by atoms with Crippen molar-refractivity contribution in [2.75, 3.05) is 17.2 Å². The Morgan fingerprint density at radius 2 is 1.69 bits per heavy atom. The molecule has 2 N–H and O–H groups in total. The maximum atomic E-state index is 12.9. The first-order valence-electron chi connectivity index (χ1n) is 7.99. The maximum Gasteiger partial charge on any atom is 0.276 e. The van der Waals surface area contributed by atoms with Crippen molar-refractivity contribution < 1.29 is 9.18 Å². The van der Waals surface area contributed by atoms with Crippen molar-refractivity contribution in [2.45, 2.75) is 6.42 Å². The van der Waals surface area contributed by atoms with Crippen molar-refractivity contribution in [2.24, 2.45) is 0 Å². The highest BCUT2D eigenvalue weighted by atomic mass is 35.5. The van der Waals surface area contributed by atoms with E-state index in [9.17, 15) is 9.18 Å². The van der Waals surface area contributed by atoms with Crippen molar-refractivity contribution in [3.8, 4) is 0 Å². The number of carbonyl (C=O) groups is 1. The lowest BCUT2D eigenvalue weighted by Gasteiger charge is -2.07. The summed E-state index contributed by atoms with van der Waals surface area (Å²) in [7, 11) is 0. The SMILES string of the molecule is O=C(Nc1ccc(F)cc1)c1ccc(NCCc2ccc(Cl)cc2)nn1. The lowest BCUT2D eigenvalue weighted by atomic mass is 10.1. The highest BCUT2D eigenvalue weighted by molar-refractivity contribution is 6.30. The zero-order chi connectivity index (χ0) is 18.4. The molecule has 3 rings (SSSR count). The number of hydrogen-bond acceptors (Lipinski definition) is 4. The van der Waals surface area contributed by atoms with Crippen LogP contribution in [0.1, 0.15) is 16.1 Å². The Labute approximate surface area is 155 Å². The molecule has 0 aliphatic rings. The van der Waals surface area contributed by atoms with Crippen LogP contribution >= 0.6 is 11.6 Å². The van der Waals surface area contributed by atoms with E-state index < -0.39 is 5.91 Å². The summed E-state index contributed by atoms with van der Waals surface area (Å²) in [6.45, 7) is 0.678. The number of aromatic nitrogens is 2. The smallest absolute Gasteiger partial charge is 0.276 e. The molecule has 0 unspecified atom stereocenters. The first kappa shape index (κ1) is 17.8. The van der Waals surface area contributed by atoms with Gasteiger partial charge in [-0.05, 0) is 60.5 Å². The molecule has 1 heterocycles. The molecule has 0 saturated carbocycles. The van der Waals surface area contributed by atoms with Crippen LogP contribution in [-0.2, 0) is 6.42 Å². The average Bonchev–Trinajstić information content (AvgIpc) is 2.66. The van der Waals surface area contributed by atoms with Crippen LogP contribution in [0.4, 0.5) is 15.9 Å². The fraction of sp³-hybridized carbons (Fsp3) is 0.105. The number of halogens is 2. The Morgan fingerprint density at radius 3 is 2.35 bits per heavy atom. The lowest BCUT2D eigenvalue weighted by Crippen LogP contribution is -2.15. The van der Waals surface area contributed by atoms with Crippen molar-refractivity contribution in [3.05, 3.63) is 82.8 Å². The van der Waals surface area contributed by atoms with Gasteiger partial charge in [0.1, 0.15) is 11.6 Å². The molecule has 7 heteroatoms. The maximum absolute atomic E-state index is 12.9. The molecule has 26 heavy (non-hydrogen) atoms. The molecular formula is C19H16ClFN4O. The minimum absolute atomic E-state index is 0.178. The third kappa shape index (κ3) is 5.00. The van der Waals surface area contributed by atoms with E-state index in [1.165, 1.54) is 24.3 Å². The molecule has 0 bridgehead atoms.